The standard InChI is InChI=1S/C21H32N4O4/c1-2-22-21(27)25-12-15-29-19(17-25)16-24(9-8-23-10-13-28-14-11-23)20(26)18-6-4-3-5-7-18/h3-7,19H,2,8-17H2,1H3,(H,22,27). The summed E-state index contributed by atoms with van der Waals surface area (Å²) in [6, 6.07) is 9.26. The van der Waals surface area contributed by atoms with E-state index in [0.29, 0.717) is 44.9 Å². The summed E-state index contributed by atoms with van der Waals surface area (Å²) in [4.78, 5) is 31.3. The monoisotopic (exact) mass is 404 g/mol. The zero-order valence-electron chi connectivity index (χ0n) is 17.2. The second kappa shape index (κ2) is 11.1. The fourth-order valence-corrected chi connectivity index (χ4v) is 3.65. The molecule has 8 heteroatoms. The number of amides is 3. The highest BCUT2D eigenvalue weighted by atomic mass is 16.5. The quantitative estimate of drug-likeness (QED) is 0.731. The fourth-order valence-electron chi connectivity index (χ4n) is 3.65. The number of carbonyl (C=O) groups is 2. The van der Waals surface area contributed by atoms with E-state index in [4.69, 9.17) is 9.47 Å². The molecule has 1 N–H and O–H groups in total. The molecule has 0 aliphatic carbocycles. The van der Waals surface area contributed by atoms with E-state index in [0.717, 1.165) is 32.8 Å². The molecule has 160 valence electrons. The van der Waals surface area contributed by atoms with E-state index < -0.39 is 0 Å². The zero-order valence-corrected chi connectivity index (χ0v) is 17.2. The van der Waals surface area contributed by atoms with E-state index in [1.54, 1.807) is 4.90 Å². The van der Waals surface area contributed by atoms with Gasteiger partial charge in [-0.1, -0.05) is 18.2 Å². The maximum atomic E-state index is 13.1. The maximum Gasteiger partial charge on any atom is 0.317 e. The minimum atomic E-state index is -0.191. The molecular formula is C21H32N4O4. The highest BCUT2D eigenvalue weighted by Crippen LogP contribution is 2.12. The third-order valence-electron chi connectivity index (χ3n) is 5.28. The van der Waals surface area contributed by atoms with Crippen LogP contribution in [0.15, 0.2) is 30.3 Å². The number of morpholine rings is 2. The van der Waals surface area contributed by atoms with E-state index >= 15 is 0 Å². The second-order valence-electron chi connectivity index (χ2n) is 7.35. The Morgan fingerprint density at radius 1 is 1.14 bits per heavy atom. The molecule has 1 atom stereocenters. The molecular weight excluding hydrogens is 372 g/mol. The van der Waals surface area contributed by atoms with Crippen molar-refractivity contribution < 1.29 is 19.1 Å². The van der Waals surface area contributed by atoms with Crippen molar-refractivity contribution in [2.75, 3.05) is 72.2 Å². The van der Waals surface area contributed by atoms with Crippen LogP contribution in [0.1, 0.15) is 17.3 Å². The van der Waals surface area contributed by atoms with Crippen LogP contribution in [-0.2, 0) is 9.47 Å². The Morgan fingerprint density at radius 2 is 1.90 bits per heavy atom. The first kappa shape index (κ1) is 21.5. The lowest BCUT2D eigenvalue weighted by Gasteiger charge is -2.36. The zero-order chi connectivity index (χ0) is 20.5. The average molecular weight is 405 g/mol. The lowest BCUT2D eigenvalue weighted by molar-refractivity contribution is -0.0296. The van der Waals surface area contributed by atoms with Crippen LogP contribution in [0.5, 0.6) is 0 Å². The van der Waals surface area contributed by atoms with Gasteiger partial charge in [-0.25, -0.2) is 4.79 Å². The number of hydrogen-bond donors (Lipinski definition) is 1. The van der Waals surface area contributed by atoms with Gasteiger partial charge in [0.25, 0.3) is 5.91 Å². The van der Waals surface area contributed by atoms with Gasteiger partial charge < -0.3 is 24.6 Å². The van der Waals surface area contributed by atoms with Gasteiger partial charge in [-0.05, 0) is 19.1 Å². The van der Waals surface area contributed by atoms with E-state index in [9.17, 15) is 9.59 Å². The van der Waals surface area contributed by atoms with E-state index in [-0.39, 0.29) is 18.0 Å². The largest absolute Gasteiger partial charge is 0.379 e. The Bertz CT molecular complexity index is 651. The predicted octanol–water partition coefficient (Wildman–Crippen LogP) is 0.891. The Balaban J connectivity index is 1.63. The molecule has 2 heterocycles. The molecule has 1 unspecified atom stereocenters. The van der Waals surface area contributed by atoms with Crippen LogP contribution in [-0.4, -0.2) is 105 Å². The van der Waals surface area contributed by atoms with E-state index in [2.05, 4.69) is 10.2 Å². The smallest absolute Gasteiger partial charge is 0.317 e. The summed E-state index contributed by atoms with van der Waals surface area (Å²) in [5, 5.41) is 2.84. The molecule has 0 radical (unpaired) electrons. The Labute approximate surface area is 172 Å². The molecule has 1 aromatic carbocycles. The third-order valence-corrected chi connectivity index (χ3v) is 5.28. The maximum absolute atomic E-state index is 13.1. The molecule has 0 aromatic heterocycles. The third kappa shape index (κ3) is 6.42. The van der Waals surface area contributed by atoms with Crippen LogP contribution in [0, 0.1) is 0 Å². The van der Waals surface area contributed by atoms with E-state index in [1.807, 2.05) is 42.2 Å². The van der Waals surface area contributed by atoms with Crippen molar-refractivity contribution in [2.45, 2.75) is 13.0 Å². The second-order valence-corrected chi connectivity index (χ2v) is 7.35. The molecule has 1 aromatic rings. The number of benzene rings is 1. The number of carbonyl (C=O) groups excluding carboxylic acids is 2. The summed E-state index contributed by atoms with van der Waals surface area (Å²) in [5.41, 5.74) is 0.672. The molecule has 0 saturated carbocycles. The van der Waals surface area contributed by atoms with E-state index in [1.165, 1.54) is 0 Å². The normalized spacial score (nSPS) is 20.3. The van der Waals surface area contributed by atoms with Crippen LogP contribution < -0.4 is 5.32 Å². The Morgan fingerprint density at radius 3 is 2.62 bits per heavy atom. The highest BCUT2D eigenvalue weighted by Gasteiger charge is 2.28. The molecule has 2 saturated heterocycles. The van der Waals surface area contributed by atoms with Gasteiger partial charge in [0.05, 0.1) is 32.5 Å². The van der Waals surface area contributed by atoms with Gasteiger partial charge in [-0.2, -0.15) is 0 Å². The van der Waals surface area contributed by atoms with Crippen LogP contribution in [0.25, 0.3) is 0 Å². The van der Waals surface area contributed by atoms with Crippen molar-refractivity contribution in [1.29, 1.82) is 0 Å². The first-order valence-electron chi connectivity index (χ1n) is 10.5. The molecule has 0 bridgehead atoms. The van der Waals surface area contributed by atoms with Crippen molar-refractivity contribution in [3.05, 3.63) is 35.9 Å². The van der Waals surface area contributed by atoms with Crippen LogP contribution in [0.3, 0.4) is 0 Å². The highest BCUT2D eigenvalue weighted by molar-refractivity contribution is 5.94. The molecule has 3 rings (SSSR count). The average Bonchev–Trinajstić information content (AvgIpc) is 2.78. The Hall–Kier alpha value is -2.16. The molecule has 29 heavy (non-hydrogen) atoms. The van der Waals surface area contributed by atoms with Gasteiger partial charge >= 0.3 is 6.03 Å². The fraction of sp³-hybridized carbons (Fsp3) is 0.619. The van der Waals surface area contributed by atoms with Gasteiger partial charge in [0, 0.05) is 51.4 Å². The molecule has 2 aliphatic heterocycles. The molecule has 2 fully saturated rings. The van der Waals surface area contributed by atoms with Gasteiger partial charge in [0.2, 0.25) is 0 Å². The molecule has 3 amide bonds. The Kier molecular flexibility index (Phi) is 8.27. The number of ether oxygens (including phenoxy) is 2. The topological polar surface area (TPSA) is 74.4 Å². The summed E-state index contributed by atoms with van der Waals surface area (Å²) >= 11 is 0. The summed E-state index contributed by atoms with van der Waals surface area (Å²) in [6.07, 6.45) is -0.191. The van der Waals surface area contributed by atoms with Crippen molar-refractivity contribution >= 4 is 11.9 Å². The lowest BCUT2D eigenvalue weighted by Crippen LogP contribution is -2.53. The molecule has 2 aliphatic rings. The first-order valence-corrected chi connectivity index (χ1v) is 10.5. The number of rotatable bonds is 7. The van der Waals surface area contributed by atoms with Crippen molar-refractivity contribution in [1.82, 2.24) is 20.0 Å². The number of nitrogens with zero attached hydrogens (tertiary/aromatic N) is 3. The predicted molar refractivity (Wildman–Crippen MR) is 110 cm³/mol. The SMILES string of the molecule is CCNC(=O)N1CCOC(CN(CCN2CCOCC2)C(=O)c2ccccc2)C1. The van der Waals surface area contributed by atoms with Crippen molar-refractivity contribution in [3.63, 3.8) is 0 Å². The minimum absolute atomic E-state index is 0.00223. The summed E-state index contributed by atoms with van der Waals surface area (Å²) in [6.45, 7) is 9.18. The van der Waals surface area contributed by atoms with Crippen LogP contribution in [0.4, 0.5) is 4.79 Å². The minimum Gasteiger partial charge on any atom is -0.379 e. The van der Waals surface area contributed by atoms with Crippen LogP contribution in [0.2, 0.25) is 0 Å². The number of nitrogens with one attached hydrogen (secondary N) is 1. The lowest BCUT2D eigenvalue weighted by atomic mass is 10.1. The van der Waals surface area contributed by atoms with Crippen molar-refractivity contribution in [3.8, 4) is 0 Å². The van der Waals surface area contributed by atoms with Crippen LogP contribution >= 0.6 is 0 Å². The molecule has 8 nitrogen and oxygen atoms in total. The van der Waals surface area contributed by atoms with Gasteiger partial charge in [-0.3, -0.25) is 9.69 Å². The number of urea groups is 1. The summed E-state index contributed by atoms with van der Waals surface area (Å²) in [5.74, 6) is -0.00223. The van der Waals surface area contributed by atoms with Crippen molar-refractivity contribution in [2.24, 2.45) is 0 Å². The molecule has 0 spiro atoms. The number of hydrogen-bond acceptors (Lipinski definition) is 5. The van der Waals surface area contributed by atoms with Gasteiger partial charge in [0.1, 0.15) is 0 Å². The van der Waals surface area contributed by atoms with Gasteiger partial charge in [-0.15, -0.1) is 0 Å². The summed E-state index contributed by atoms with van der Waals surface area (Å²) in [7, 11) is 0. The first-order chi connectivity index (χ1) is 14.2. The van der Waals surface area contributed by atoms with Gasteiger partial charge in [0.15, 0.2) is 0 Å². The summed E-state index contributed by atoms with van der Waals surface area (Å²) < 4.78 is 11.3.